The Bertz CT molecular complexity index is 677. The molecule has 0 aliphatic carbocycles. The number of thiophene rings is 3. The van der Waals surface area contributed by atoms with Gasteiger partial charge in [-0.15, -0.1) is 22.7 Å². The molecule has 1 unspecified atom stereocenters. The van der Waals surface area contributed by atoms with Crippen LogP contribution in [0.4, 0.5) is 4.79 Å². The fourth-order valence-corrected chi connectivity index (χ4v) is 5.09. The quantitative estimate of drug-likeness (QED) is 0.655. The van der Waals surface area contributed by atoms with Gasteiger partial charge in [0.2, 0.25) is 4.88 Å². The molecule has 3 aromatic heterocycles. The van der Waals surface area contributed by atoms with Crippen molar-refractivity contribution in [3.8, 4) is 20.2 Å². The highest BCUT2D eigenvalue weighted by Gasteiger charge is 2.26. The van der Waals surface area contributed by atoms with Gasteiger partial charge in [0.25, 0.3) is 0 Å². The Balaban J connectivity index is 2.16. The Morgan fingerprint density at radius 2 is 2.00 bits per heavy atom. The Labute approximate surface area is 115 Å². The van der Waals surface area contributed by atoms with Crippen LogP contribution in [0.15, 0.2) is 46.5 Å². The molecular weight excluding hydrogens is 284 g/mol. The van der Waals surface area contributed by atoms with Crippen LogP contribution in [0.1, 0.15) is 0 Å². The predicted molar refractivity (Wildman–Crippen MR) is 79.0 cm³/mol. The van der Waals surface area contributed by atoms with Crippen molar-refractivity contribution < 1.29 is 9.90 Å². The molecule has 2 nitrogen and oxygen atoms in total. The van der Waals surface area contributed by atoms with Gasteiger partial charge >= 0.3 is 5.30 Å². The zero-order chi connectivity index (χ0) is 12.5. The predicted octanol–water partition coefficient (Wildman–Crippen LogP) is 5.42. The molecule has 0 saturated carbocycles. The van der Waals surface area contributed by atoms with Crippen molar-refractivity contribution >= 4 is 38.4 Å². The van der Waals surface area contributed by atoms with Gasteiger partial charge in [-0.2, -0.15) is 4.79 Å². The SMILES string of the molecule is O=C(O)[s+]1cccc1-c1sccc1-c1cccs1. The lowest BCUT2D eigenvalue weighted by Gasteiger charge is -1.96. The molecule has 0 radical (unpaired) electrons. The van der Waals surface area contributed by atoms with Crippen LogP contribution < -0.4 is 0 Å². The summed E-state index contributed by atoms with van der Waals surface area (Å²) in [4.78, 5) is 14.4. The molecule has 3 heterocycles. The van der Waals surface area contributed by atoms with Crippen LogP contribution >= 0.6 is 33.1 Å². The summed E-state index contributed by atoms with van der Waals surface area (Å²) in [6.45, 7) is 0. The molecule has 18 heavy (non-hydrogen) atoms. The second-order valence-electron chi connectivity index (χ2n) is 3.60. The van der Waals surface area contributed by atoms with Gasteiger partial charge in [0.05, 0.1) is 4.88 Å². The zero-order valence-electron chi connectivity index (χ0n) is 9.20. The standard InChI is InChI=1S/C13H8O2S3/c14-13(15)18-8-2-4-11(18)12-9(5-7-17-12)10-3-1-6-16-10/h1-8H/p+1. The maximum Gasteiger partial charge on any atom is 0.552 e. The average Bonchev–Trinajstić information content (AvgIpc) is 3.10. The molecular formula is C13H9O2S3+. The number of hydrogen-bond acceptors (Lipinski definition) is 3. The highest BCUT2D eigenvalue weighted by atomic mass is 32.2. The van der Waals surface area contributed by atoms with Crippen LogP contribution in [0.25, 0.3) is 20.2 Å². The average molecular weight is 293 g/mol. The lowest BCUT2D eigenvalue weighted by Crippen LogP contribution is -1.84. The number of carbonyl (C=O) groups is 1. The van der Waals surface area contributed by atoms with E-state index in [0.717, 1.165) is 15.3 Å². The van der Waals surface area contributed by atoms with E-state index in [4.69, 9.17) is 0 Å². The first kappa shape index (κ1) is 11.6. The number of rotatable bonds is 3. The third-order valence-electron chi connectivity index (χ3n) is 2.56. The molecule has 90 valence electrons. The maximum atomic E-state index is 11.2. The molecule has 0 saturated heterocycles. The summed E-state index contributed by atoms with van der Waals surface area (Å²) in [5.41, 5.74) is 1.14. The first-order chi connectivity index (χ1) is 8.77. The summed E-state index contributed by atoms with van der Waals surface area (Å²) in [5.74, 6) is 0. The molecule has 0 aliphatic rings. The van der Waals surface area contributed by atoms with Gasteiger partial charge in [0.15, 0.2) is 5.38 Å². The van der Waals surface area contributed by atoms with E-state index in [1.165, 1.54) is 4.88 Å². The summed E-state index contributed by atoms with van der Waals surface area (Å²) >= 11 is 3.29. The highest BCUT2D eigenvalue weighted by Crippen LogP contribution is 2.44. The molecule has 1 atom stereocenters. The van der Waals surface area contributed by atoms with E-state index in [2.05, 4.69) is 12.1 Å². The van der Waals surface area contributed by atoms with E-state index in [-0.39, 0.29) is 0 Å². The van der Waals surface area contributed by atoms with Crippen LogP contribution in [0.2, 0.25) is 0 Å². The van der Waals surface area contributed by atoms with Gasteiger partial charge in [0.1, 0.15) is 10.5 Å². The third kappa shape index (κ3) is 1.90. The molecule has 0 amide bonds. The molecule has 1 N–H and O–H groups in total. The number of hydrogen-bond donors (Lipinski definition) is 1. The second kappa shape index (κ2) is 4.68. The summed E-state index contributed by atoms with van der Waals surface area (Å²) in [5, 5.41) is 14.3. The van der Waals surface area contributed by atoms with E-state index < -0.39 is 15.8 Å². The minimum Gasteiger partial charge on any atom is -0.437 e. The van der Waals surface area contributed by atoms with Crippen LogP contribution in [0.5, 0.6) is 0 Å². The smallest absolute Gasteiger partial charge is 0.437 e. The lowest BCUT2D eigenvalue weighted by molar-refractivity contribution is 0.221. The lowest BCUT2D eigenvalue weighted by atomic mass is 10.2. The van der Waals surface area contributed by atoms with Gasteiger partial charge in [-0.1, -0.05) is 6.07 Å². The molecule has 3 rings (SSSR count). The minimum atomic E-state index is -0.806. The second-order valence-corrected chi connectivity index (χ2v) is 7.20. The Hall–Kier alpha value is -1.43. The molecule has 5 heteroatoms. The van der Waals surface area contributed by atoms with E-state index >= 15 is 0 Å². The molecule has 0 aromatic carbocycles. The molecule has 0 spiro atoms. The molecule has 0 aliphatic heterocycles. The summed E-state index contributed by atoms with van der Waals surface area (Å²) < 4.78 is 0. The van der Waals surface area contributed by atoms with Crippen LogP contribution in [-0.2, 0) is 0 Å². The van der Waals surface area contributed by atoms with Crippen molar-refractivity contribution in [2.75, 3.05) is 0 Å². The summed E-state index contributed by atoms with van der Waals surface area (Å²) in [6.07, 6.45) is 0. The summed E-state index contributed by atoms with van der Waals surface area (Å²) in [7, 11) is -0.806. The van der Waals surface area contributed by atoms with Crippen LogP contribution in [-0.4, -0.2) is 10.4 Å². The molecule has 0 fully saturated rings. The van der Waals surface area contributed by atoms with Gasteiger partial charge in [-0.3, -0.25) is 0 Å². The normalized spacial score (nSPS) is 11.7. The van der Waals surface area contributed by atoms with E-state index in [1.807, 2.05) is 29.0 Å². The Morgan fingerprint density at radius 1 is 1.11 bits per heavy atom. The highest BCUT2D eigenvalue weighted by molar-refractivity contribution is 7.52. The first-order valence-electron chi connectivity index (χ1n) is 5.23. The first-order valence-corrected chi connectivity index (χ1v) is 8.28. The zero-order valence-corrected chi connectivity index (χ0v) is 11.6. The van der Waals surface area contributed by atoms with Gasteiger partial charge in [-0.05, 0) is 29.0 Å². The topological polar surface area (TPSA) is 37.3 Å². The van der Waals surface area contributed by atoms with Gasteiger partial charge in [-0.25, -0.2) is 0 Å². The van der Waals surface area contributed by atoms with Crippen LogP contribution in [0.3, 0.4) is 0 Å². The minimum absolute atomic E-state index is 0.763. The Morgan fingerprint density at radius 3 is 2.72 bits per heavy atom. The summed E-state index contributed by atoms with van der Waals surface area (Å²) in [6, 6.07) is 9.90. The maximum absolute atomic E-state index is 11.2. The van der Waals surface area contributed by atoms with Crippen molar-refractivity contribution in [3.05, 3.63) is 46.5 Å². The monoisotopic (exact) mass is 293 g/mol. The van der Waals surface area contributed by atoms with Gasteiger partial charge < -0.3 is 5.11 Å². The molecule has 3 aromatic rings. The van der Waals surface area contributed by atoms with Crippen molar-refractivity contribution in [2.45, 2.75) is 0 Å². The van der Waals surface area contributed by atoms with Crippen molar-refractivity contribution in [3.63, 3.8) is 0 Å². The number of carboxylic acid groups (broad SMARTS) is 1. The largest absolute Gasteiger partial charge is 0.552 e. The molecule has 0 bridgehead atoms. The van der Waals surface area contributed by atoms with Crippen LogP contribution in [0, 0.1) is 0 Å². The van der Waals surface area contributed by atoms with E-state index in [1.54, 1.807) is 28.1 Å². The fraction of sp³-hybridized carbons (Fsp3) is 0. The van der Waals surface area contributed by atoms with Crippen molar-refractivity contribution in [1.82, 2.24) is 0 Å². The Kier molecular flexibility index (Phi) is 3.03. The van der Waals surface area contributed by atoms with Crippen molar-refractivity contribution in [2.24, 2.45) is 0 Å². The third-order valence-corrected chi connectivity index (χ3v) is 6.16. The van der Waals surface area contributed by atoms with E-state index in [9.17, 15) is 9.90 Å². The fourth-order valence-electron chi connectivity index (χ4n) is 1.81. The van der Waals surface area contributed by atoms with Gasteiger partial charge in [0, 0.05) is 16.5 Å². The van der Waals surface area contributed by atoms with E-state index in [0.29, 0.717) is 0 Å². The van der Waals surface area contributed by atoms with Crippen molar-refractivity contribution in [1.29, 1.82) is 0 Å².